The van der Waals surface area contributed by atoms with E-state index < -0.39 is 5.41 Å². The van der Waals surface area contributed by atoms with Crippen molar-refractivity contribution in [1.29, 1.82) is 0 Å². The summed E-state index contributed by atoms with van der Waals surface area (Å²) in [6, 6.07) is 10.1. The molecule has 1 saturated carbocycles. The molecule has 2 aliphatic rings. The minimum Gasteiger partial charge on any atom is -0.469 e. The highest BCUT2D eigenvalue weighted by atomic mass is 32.1. The molecule has 2 heterocycles. The highest BCUT2D eigenvalue weighted by Gasteiger charge is 2.68. The van der Waals surface area contributed by atoms with Gasteiger partial charge in [0.2, 0.25) is 0 Å². The van der Waals surface area contributed by atoms with Gasteiger partial charge in [0, 0.05) is 24.9 Å². The van der Waals surface area contributed by atoms with Gasteiger partial charge in [-0.05, 0) is 23.3 Å². The first-order valence-electron chi connectivity index (χ1n) is 9.22. The van der Waals surface area contributed by atoms with Crippen LogP contribution in [0.15, 0.2) is 35.7 Å². The van der Waals surface area contributed by atoms with Crippen LogP contribution in [-0.2, 0) is 16.0 Å². The molecule has 0 spiro atoms. The van der Waals surface area contributed by atoms with Crippen LogP contribution in [0.4, 0.5) is 0 Å². The molecule has 1 aliphatic carbocycles. The molecule has 1 aromatic heterocycles. The summed E-state index contributed by atoms with van der Waals surface area (Å²) in [4.78, 5) is 31.8. The van der Waals surface area contributed by atoms with Crippen molar-refractivity contribution >= 4 is 23.2 Å². The first kappa shape index (κ1) is 18.2. The van der Waals surface area contributed by atoms with Crippen molar-refractivity contribution in [2.45, 2.75) is 26.7 Å². The second kappa shape index (κ2) is 6.44. The summed E-state index contributed by atoms with van der Waals surface area (Å²) in [7, 11) is 1.43. The van der Waals surface area contributed by atoms with E-state index in [0.717, 1.165) is 17.8 Å². The molecule has 1 aromatic carbocycles. The van der Waals surface area contributed by atoms with Crippen LogP contribution >= 0.6 is 11.3 Å². The van der Waals surface area contributed by atoms with Gasteiger partial charge in [0.05, 0.1) is 17.5 Å². The molecule has 1 aliphatic heterocycles. The van der Waals surface area contributed by atoms with Crippen molar-refractivity contribution in [2.24, 2.45) is 16.7 Å². The van der Waals surface area contributed by atoms with E-state index in [4.69, 9.17) is 4.74 Å². The summed E-state index contributed by atoms with van der Waals surface area (Å²) in [5.74, 6) is -0.131. The Morgan fingerprint density at radius 1 is 1.30 bits per heavy atom. The van der Waals surface area contributed by atoms with E-state index in [1.807, 2.05) is 23.6 Å². The van der Waals surface area contributed by atoms with Gasteiger partial charge in [0.15, 0.2) is 0 Å². The van der Waals surface area contributed by atoms with E-state index in [1.165, 1.54) is 24.0 Å². The summed E-state index contributed by atoms with van der Waals surface area (Å²) in [5, 5.41) is 2.76. The Labute approximate surface area is 163 Å². The van der Waals surface area contributed by atoms with Gasteiger partial charge < -0.3 is 9.64 Å². The van der Waals surface area contributed by atoms with Gasteiger partial charge in [-0.3, -0.25) is 9.59 Å². The van der Waals surface area contributed by atoms with Crippen molar-refractivity contribution in [3.8, 4) is 0 Å². The third-order valence-electron chi connectivity index (χ3n) is 6.11. The van der Waals surface area contributed by atoms with Gasteiger partial charge in [0.1, 0.15) is 5.69 Å². The predicted molar refractivity (Wildman–Crippen MR) is 104 cm³/mol. The first-order chi connectivity index (χ1) is 12.9. The molecular formula is C21H24N2O3S. The Morgan fingerprint density at radius 2 is 2.04 bits per heavy atom. The fraction of sp³-hybridized carbons (Fsp3) is 0.476. The van der Waals surface area contributed by atoms with Crippen LogP contribution in [0.25, 0.3) is 0 Å². The van der Waals surface area contributed by atoms with Crippen LogP contribution in [0.2, 0.25) is 0 Å². The average molecular weight is 385 g/mol. The smallest absolute Gasteiger partial charge is 0.314 e. The van der Waals surface area contributed by atoms with Crippen molar-refractivity contribution in [1.82, 2.24) is 9.88 Å². The van der Waals surface area contributed by atoms with E-state index in [1.54, 1.807) is 4.90 Å². The minimum absolute atomic E-state index is 0.0454. The van der Waals surface area contributed by atoms with Crippen LogP contribution in [0.1, 0.15) is 41.3 Å². The Balaban J connectivity index is 1.50. The van der Waals surface area contributed by atoms with Crippen molar-refractivity contribution in [3.05, 3.63) is 52.0 Å². The first-order valence-corrected chi connectivity index (χ1v) is 10.1. The highest BCUT2D eigenvalue weighted by molar-refractivity contribution is 7.09. The van der Waals surface area contributed by atoms with E-state index in [9.17, 15) is 9.59 Å². The quantitative estimate of drug-likeness (QED) is 0.758. The lowest BCUT2D eigenvalue weighted by molar-refractivity contribution is -0.174. The van der Waals surface area contributed by atoms with Crippen LogP contribution < -0.4 is 0 Å². The molecule has 27 heavy (non-hydrogen) atoms. The number of hydrogen-bond donors (Lipinski definition) is 0. The number of ether oxygens (including phenoxy) is 1. The molecule has 1 amide bonds. The Morgan fingerprint density at radius 3 is 2.70 bits per heavy atom. The molecular weight excluding hydrogens is 360 g/mol. The standard InChI is InChI=1S/C21H24N2O3S/c1-20(2)12-21(19(25)26-3)13-23(10-16(20)21)18(24)15-11-27-17(22-15)9-14-7-5-4-6-8-14/h4-8,11,16H,9-10,12-13H2,1-3H3/t16-,21+/m1/s1. The number of carbonyl (C=O) groups is 2. The number of aromatic nitrogens is 1. The summed E-state index contributed by atoms with van der Waals surface area (Å²) in [5.41, 5.74) is 1.15. The van der Waals surface area contributed by atoms with E-state index >= 15 is 0 Å². The second-order valence-corrected chi connectivity index (χ2v) is 9.28. The molecule has 0 radical (unpaired) electrons. The molecule has 2 atom stereocenters. The van der Waals surface area contributed by atoms with Gasteiger partial charge in [-0.25, -0.2) is 4.98 Å². The molecule has 4 rings (SSSR count). The average Bonchev–Trinajstić information content (AvgIpc) is 3.24. The molecule has 0 unspecified atom stereocenters. The fourth-order valence-corrected chi connectivity index (χ4v) is 5.75. The topological polar surface area (TPSA) is 59.5 Å². The predicted octanol–water partition coefficient (Wildman–Crippen LogP) is 3.40. The minimum atomic E-state index is -0.545. The zero-order valence-corrected chi connectivity index (χ0v) is 16.7. The van der Waals surface area contributed by atoms with Gasteiger partial charge in [-0.2, -0.15) is 0 Å². The van der Waals surface area contributed by atoms with Gasteiger partial charge in [-0.15, -0.1) is 11.3 Å². The van der Waals surface area contributed by atoms with E-state index in [-0.39, 0.29) is 23.2 Å². The van der Waals surface area contributed by atoms with Crippen molar-refractivity contribution in [3.63, 3.8) is 0 Å². The zero-order valence-electron chi connectivity index (χ0n) is 15.9. The number of methoxy groups -OCH3 is 1. The number of likely N-dealkylation sites (tertiary alicyclic amines) is 1. The van der Waals surface area contributed by atoms with Gasteiger partial charge >= 0.3 is 5.97 Å². The molecule has 1 saturated heterocycles. The van der Waals surface area contributed by atoms with E-state index in [2.05, 4.69) is 31.0 Å². The number of hydrogen-bond acceptors (Lipinski definition) is 5. The molecule has 0 bridgehead atoms. The summed E-state index contributed by atoms with van der Waals surface area (Å²) < 4.78 is 5.07. The number of benzene rings is 1. The second-order valence-electron chi connectivity index (χ2n) is 8.34. The van der Waals surface area contributed by atoms with Crippen LogP contribution in [0.5, 0.6) is 0 Å². The lowest BCUT2D eigenvalue weighted by Crippen LogP contribution is -2.57. The Bertz CT molecular complexity index is 877. The normalized spacial score (nSPS) is 25.6. The SMILES string of the molecule is COC(=O)[C@@]12CN(C(=O)c3csc(Cc4ccccc4)n3)C[C@@H]1C(C)(C)C2. The van der Waals surface area contributed by atoms with Crippen LogP contribution in [-0.4, -0.2) is 42.0 Å². The largest absolute Gasteiger partial charge is 0.469 e. The number of nitrogens with zero attached hydrogens (tertiary/aromatic N) is 2. The molecule has 5 nitrogen and oxygen atoms in total. The fourth-order valence-electron chi connectivity index (χ4n) is 4.95. The number of thiazole rings is 1. The Hall–Kier alpha value is -2.21. The number of amides is 1. The molecule has 2 aromatic rings. The van der Waals surface area contributed by atoms with Gasteiger partial charge in [-0.1, -0.05) is 44.2 Å². The lowest BCUT2D eigenvalue weighted by Gasteiger charge is -2.54. The molecule has 142 valence electrons. The number of fused-ring (bicyclic) bond motifs is 1. The van der Waals surface area contributed by atoms with Gasteiger partial charge in [0.25, 0.3) is 5.91 Å². The molecule has 0 N–H and O–H groups in total. The van der Waals surface area contributed by atoms with Crippen molar-refractivity contribution < 1.29 is 14.3 Å². The highest BCUT2D eigenvalue weighted by Crippen LogP contribution is 2.63. The zero-order chi connectivity index (χ0) is 19.2. The summed E-state index contributed by atoms with van der Waals surface area (Å²) in [6.07, 6.45) is 1.48. The number of rotatable bonds is 4. The number of esters is 1. The Kier molecular flexibility index (Phi) is 4.34. The van der Waals surface area contributed by atoms with Crippen LogP contribution in [0.3, 0.4) is 0 Å². The monoisotopic (exact) mass is 384 g/mol. The maximum absolute atomic E-state index is 13.0. The van der Waals surface area contributed by atoms with Crippen LogP contribution in [0, 0.1) is 16.7 Å². The third kappa shape index (κ3) is 2.96. The van der Waals surface area contributed by atoms with E-state index in [0.29, 0.717) is 18.8 Å². The molecule has 2 fully saturated rings. The van der Waals surface area contributed by atoms with Crippen molar-refractivity contribution in [2.75, 3.05) is 20.2 Å². The maximum atomic E-state index is 13.0. The third-order valence-corrected chi connectivity index (χ3v) is 6.95. The summed E-state index contributed by atoms with van der Waals surface area (Å²) in [6.45, 7) is 5.34. The molecule has 6 heteroatoms. The summed E-state index contributed by atoms with van der Waals surface area (Å²) >= 11 is 1.51. The maximum Gasteiger partial charge on any atom is 0.314 e. The lowest BCUT2D eigenvalue weighted by atomic mass is 9.48. The number of carbonyl (C=O) groups excluding carboxylic acids is 2.